The summed E-state index contributed by atoms with van der Waals surface area (Å²) >= 11 is 6.26. The number of nitrogens with zero attached hydrogens (tertiary/aromatic N) is 1. The molecule has 2 amide bonds. The Morgan fingerprint density at radius 3 is 2.48 bits per heavy atom. The number of carbonyl (C=O) groups is 2. The Morgan fingerprint density at radius 1 is 1.19 bits per heavy atom. The first-order valence-electron chi connectivity index (χ1n) is 8.46. The number of methoxy groups -OCH3 is 1. The minimum absolute atomic E-state index is 0.163. The molecule has 6 nitrogen and oxygen atoms in total. The Kier molecular flexibility index (Phi) is 6.69. The fraction of sp³-hybridized carbons (Fsp3) is 0.300. The molecular formula is C20H23ClN2O4. The maximum atomic E-state index is 13.1. The molecule has 0 aliphatic heterocycles. The van der Waals surface area contributed by atoms with Crippen LogP contribution in [-0.2, 0) is 4.79 Å². The summed E-state index contributed by atoms with van der Waals surface area (Å²) in [5.74, 6) is -0.429. The molecule has 0 aromatic heterocycles. The molecule has 0 fully saturated rings. The first-order chi connectivity index (χ1) is 12.8. The summed E-state index contributed by atoms with van der Waals surface area (Å²) in [6.07, 6.45) is 0. The summed E-state index contributed by atoms with van der Waals surface area (Å²) in [6.45, 7) is 5.99. The van der Waals surface area contributed by atoms with Crippen molar-refractivity contribution >= 4 is 29.1 Å². The maximum absolute atomic E-state index is 13.1. The number of benzene rings is 2. The summed E-state index contributed by atoms with van der Waals surface area (Å²) in [5.41, 5.74) is 8.35. The smallest absolute Gasteiger partial charge is 0.258 e. The molecule has 0 saturated heterocycles. The summed E-state index contributed by atoms with van der Waals surface area (Å²) in [7, 11) is 1.43. The number of nitrogens with two attached hydrogens (primary N) is 1. The first kappa shape index (κ1) is 20.6. The predicted octanol–water partition coefficient (Wildman–Crippen LogP) is 3.50. The molecule has 0 spiro atoms. The highest BCUT2D eigenvalue weighted by molar-refractivity contribution is 6.33. The third-order valence-corrected chi connectivity index (χ3v) is 4.33. The van der Waals surface area contributed by atoms with Crippen LogP contribution in [0.25, 0.3) is 0 Å². The number of ether oxygens (including phenoxy) is 2. The topological polar surface area (TPSA) is 81.9 Å². The van der Waals surface area contributed by atoms with Crippen LogP contribution in [0.2, 0.25) is 5.02 Å². The van der Waals surface area contributed by atoms with Gasteiger partial charge in [0.1, 0.15) is 0 Å². The summed E-state index contributed by atoms with van der Waals surface area (Å²) in [6, 6.07) is 8.99. The second kappa shape index (κ2) is 8.77. The Morgan fingerprint density at radius 2 is 1.89 bits per heavy atom. The van der Waals surface area contributed by atoms with E-state index in [4.69, 9.17) is 26.8 Å². The van der Waals surface area contributed by atoms with Crippen molar-refractivity contribution in [1.29, 1.82) is 0 Å². The van der Waals surface area contributed by atoms with Crippen molar-refractivity contribution < 1.29 is 19.1 Å². The lowest BCUT2D eigenvalue weighted by molar-refractivity contribution is -0.119. The highest BCUT2D eigenvalue weighted by atomic mass is 35.5. The molecule has 0 bridgehead atoms. The van der Waals surface area contributed by atoms with Crippen LogP contribution in [0.1, 0.15) is 28.4 Å². The lowest BCUT2D eigenvalue weighted by atomic mass is 10.1. The van der Waals surface area contributed by atoms with Gasteiger partial charge in [-0.2, -0.15) is 0 Å². The maximum Gasteiger partial charge on any atom is 0.258 e. The predicted molar refractivity (Wildman–Crippen MR) is 106 cm³/mol. The van der Waals surface area contributed by atoms with Crippen LogP contribution in [0.5, 0.6) is 11.5 Å². The minimum Gasteiger partial charge on any atom is -0.493 e. The van der Waals surface area contributed by atoms with Crippen LogP contribution in [0.4, 0.5) is 5.69 Å². The molecule has 0 unspecified atom stereocenters. The fourth-order valence-corrected chi connectivity index (χ4v) is 2.98. The van der Waals surface area contributed by atoms with E-state index in [1.807, 2.05) is 39.0 Å². The van der Waals surface area contributed by atoms with Gasteiger partial charge in [-0.25, -0.2) is 0 Å². The van der Waals surface area contributed by atoms with Crippen LogP contribution in [0.15, 0.2) is 30.3 Å². The molecular weight excluding hydrogens is 368 g/mol. The van der Waals surface area contributed by atoms with Gasteiger partial charge in [0.05, 0.1) is 12.1 Å². The fourth-order valence-electron chi connectivity index (χ4n) is 2.72. The number of hydrogen-bond donors (Lipinski definition) is 1. The molecule has 0 atom stereocenters. The Hall–Kier alpha value is -2.73. The second-order valence-corrected chi connectivity index (χ2v) is 6.49. The number of carbonyl (C=O) groups excluding carboxylic acids is 2. The molecule has 0 aliphatic rings. The van der Waals surface area contributed by atoms with Gasteiger partial charge in [-0.05, 0) is 50.1 Å². The summed E-state index contributed by atoms with van der Waals surface area (Å²) in [5, 5.41) is 0.163. The van der Waals surface area contributed by atoms with Crippen LogP contribution < -0.4 is 20.1 Å². The van der Waals surface area contributed by atoms with E-state index in [2.05, 4.69) is 0 Å². The number of halogens is 1. The zero-order valence-corrected chi connectivity index (χ0v) is 16.6. The monoisotopic (exact) mass is 390 g/mol. The van der Waals surface area contributed by atoms with Crippen molar-refractivity contribution in [2.24, 2.45) is 5.73 Å². The largest absolute Gasteiger partial charge is 0.493 e. The van der Waals surface area contributed by atoms with E-state index in [0.29, 0.717) is 12.1 Å². The van der Waals surface area contributed by atoms with Crippen LogP contribution in [0.3, 0.4) is 0 Å². The molecule has 0 aliphatic carbocycles. The van der Waals surface area contributed by atoms with Gasteiger partial charge in [0, 0.05) is 17.8 Å². The molecule has 144 valence electrons. The van der Waals surface area contributed by atoms with Gasteiger partial charge < -0.3 is 20.1 Å². The zero-order valence-electron chi connectivity index (χ0n) is 15.8. The van der Waals surface area contributed by atoms with E-state index in [1.165, 1.54) is 13.2 Å². The molecule has 2 aromatic rings. The van der Waals surface area contributed by atoms with Crippen LogP contribution in [-0.4, -0.2) is 32.1 Å². The van der Waals surface area contributed by atoms with Crippen LogP contribution >= 0.6 is 11.6 Å². The lowest BCUT2D eigenvalue weighted by Crippen LogP contribution is -2.31. The van der Waals surface area contributed by atoms with E-state index in [0.717, 1.165) is 16.8 Å². The number of hydrogen-bond acceptors (Lipinski definition) is 4. The molecule has 0 radical (unpaired) electrons. The van der Waals surface area contributed by atoms with E-state index in [9.17, 15) is 9.59 Å². The number of primary amides is 1. The lowest BCUT2D eigenvalue weighted by Gasteiger charge is -2.24. The molecule has 2 N–H and O–H groups in total. The average Bonchev–Trinajstić information content (AvgIpc) is 2.63. The van der Waals surface area contributed by atoms with E-state index >= 15 is 0 Å². The van der Waals surface area contributed by atoms with Crippen molar-refractivity contribution in [3.63, 3.8) is 0 Å². The highest BCUT2D eigenvalue weighted by Crippen LogP contribution is 2.37. The van der Waals surface area contributed by atoms with E-state index in [1.54, 1.807) is 11.0 Å². The summed E-state index contributed by atoms with van der Waals surface area (Å²) in [4.78, 5) is 25.8. The van der Waals surface area contributed by atoms with Gasteiger partial charge in [-0.3, -0.25) is 9.59 Å². The van der Waals surface area contributed by atoms with Crippen LogP contribution in [0, 0.1) is 13.8 Å². The standard InChI is InChI=1S/C20H23ClN2O4/c1-5-23(16-8-12(2)6-7-13(16)3)20(25)14-9-15(21)19(17(10-14)26-4)27-11-18(22)24/h6-10H,5,11H2,1-4H3,(H2,22,24). The highest BCUT2D eigenvalue weighted by Gasteiger charge is 2.22. The van der Waals surface area contributed by atoms with Crippen molar-refractivity contribution in [3.05, 3.63) is 52.0 Å². The van der Waals surface area contributed by atoms with Crippen molar-refractivity contribution in [1.82, 2.24) is 0 Å². The van der Waals surface area contributed by atoms with Crippen molar-refractivity contribution in [2.75, 3.05) is 25.2 Å². The first-order valence-corrected chi connectivity index (χ1v) is 8.84. The molecule has 27 heavy (non-hydrogen) atoms. The number of aryl methyl sites for hydroxylation is 2. The van der Waals surface area contributed by atoms with Gasteiger partial charge >= 0.3 is 0 Å². The Bertz CT molecular complexity index is 867. The van der Waals surface area contributed by atoms with Gasteiger partial charge in [0.25, 0.3) is 11.8 Å². The Balaban J connectivity index is 2.43. The normalized spacial score (nSPS) is 10.4. The third-order valence-electron chi connectivity index (χ3n) is 4.05. The molecule has 2 rings (SSSR count). The number of rotatable bonds is 7. The second-order valence-electron chi connectivity index (χ2n) is 6.08. The Labute approximate surface area is 163 Å². The number of anilines is 1. The SMILES string of the molecule is CCN(C(=O)c1cc(Cl)c(OCC(N)=O)c(OC)c1)c1cc(C)ccc1C. The molecule has 7 heteroatoms. The van der Waals surface area contributed by atoms with Gasteiger partial charge in [-0.15, -0.1) is 0 Å². The van der Waals surface area contributed by atoms with E-state index < -0.39 is 5.91 Å². The number of amides is 2. The third kappa shape index (κ3) is 4.71. The molecule has 0 saturated carbocycles. The van der Waals surface area contributed by atoms with Gasteiger partial charge in [0.15, 0.2) is 18.1 Å². The minimum atomic E-state index is -0.639. The van der Waals surface area contributed by atoms with Crippen molar-refractivity contribution in [3.8, 4) is 11.5 Å². The quantitative estimate of drug-likeness (QED) is 0.784. The van der Waals surface area contributed by atoms with Gasteiger partial charge in [-0.1, -0.05) is 23.7 Å². The molecule has 0 heterocycles. The average molecular weight is 391 g/mol. The molecule has 2 aromatic carbocycles. The van der Waals surface area contributed by atoms with Crippen molar-refractivity contribution in [2.45, 2.75) is 20.8 Å². The van der Waals surface area contributed by atoms with E-state index in [-0.39, 0.29) is 29.0 Å². The zero-order chi connectivity index (χ0) is 20.1. The van der Waals surface area contributed by atoms with Gasteiger partial charge in [0.2, 0.25) is 0 Å². The summed E-state index contributed by atoms with van der Waals surface area (Å²) < 4.78 is 10.6.